The van der Waals surface area contributed by atoms with Crippen molar-refractivity contribution in [2.45, 2.75) is 224 Å². The highest BCUT2D eigenvalue weighted by atomic mass is 32.2. The molecule has 0 saturated heterocycles. The Morgan fingerprint density at radius 2 is 0.954 bits per heavy atom. The molecular formula is C59H107N15O12S. The molecule has 1 rings (SSSR count). The Hall–Kier alpha value is -6.65. The maximum absolute atomic E-state index is 14.3. The summed E-state index contributed by atoms with van der Waals surface area (Å²) < 4.78 is 27.7. The monoisotopic (exact) mass is 1250 g/mol. The number of sulfonamides is 1. The second kappa shape index (κ2) is 46.5. The molecule has 0 unspecified atom stereocenters. The van der Waals surface area contributed by atoms with E-state index >= 15 is 0 Å². The van der Waals surface area contributed by atoms with E-state index in [2.05, 4.69) is 59.5 Å². The van der Waals surface area contributed by atoms with Gasteiger partial charge in [0.05, 0.1) is 18.8 Å². The lowest BCUT2D eigenvalue weighted by Gasteiger charge is -2.28. The molecule has 0 aliphatic heterocycles. The summed E-state index contributed by atoms with van der Waals surface area (Å²) in [6.07, 6.45) is 16.9. The topological polar surface area (TPSA) is 456 Å². The van der Waals surface area contributed by atoms with Crippen molar-refractivity contribution in [1.29, 1.82) is 5.41 Å². The molecule has 0 aromatic heterocycles. The van der Waals surface area contributed by atoms with Gasteiger partial charge in [0.25, 0.3) is 0 Å². The molecule has 87 heavy (non-hydrogen) atoms. The van der Waals surface area contributed by atoms with Gasteiger partial charge in [-0.05, 0) is 107 Å². The Labute approximate surface area is 515 Å². The maximum Gasteiger partial charge on any atom is 0.243 e. The van der Waals surface area contributed by atoms with Crippen molar-refractivity contribution in [3.63, 3.8) is 0 Å². The number of unbranched alkanes of at least 4 members (excludes halogenated alkanes) is 15. The van der Waals surface area contributed by atoms with Crippen molar-refractivity contribution in [2.75, 3.05) is 45.5 Å². The largest absolute Gasteiger partial charge is 0.508 e. The zero-order chi connectivity index (χ0) is 65.0. The van der Waals surface area contributed by atoms with Gasteiger partial charge in [0.15, 0.2) is 5.96 Å². The molecule has 1 aromatic carbocycles. The fourth-order valence-electron chi connectivity index (χ4n) is 9.41. The van der Waals surface area contributed by atoms with Crippen LogP contribution in [0.5, 0.6) is 5.75 Å². The minimum atomic E-state index is -3.80. The predicted octanol–water partition coefficient (Wildman–Crippen LogP) is 0.939. The Morgan fingerprint density at radius 3 is 1.41 bits per heavy atom. The minimum Gasteiger partial charge on any atom is -0.508 e. The van der Waals surface area contributed by atoms with Gasteiger partial charge in [0.1, 0.15) is 42.0 Å². The zero-order valence-corrected chi connectivity index (χ0v) is 53.0. The van der Waals surface area contributed by atoms with Gasteiger partial charge in [-0.1, -0.05) is 116 Å². The molecule has 27 nitrogen and oxygen atoms in total. The number of aromatic hydroxyl groups is 1. The van der Waals surface area contributed by atoms with E-state index < -0.39 is 119 Å². The van der Waals surface area contributed by atoms with Crippen molar-refractivity contribution in [2.24, 2.45) is 28.9 Å². The van der Waals surface area contributed by atoms with E-state index in [9.17, 15) is 56.7 Å². The average Bonchev–Trinajstić information content (AvgIpc) is 3.56. The molecule has 20 N–H and O–H groups in total. The normalized spacial score (nSPS) is 13.4. The second-order valence-electron chi connectivity index (χ2n) is 22.6. The number of amides is 9. The van der Waals surface area contributed by atoms with Crippen LogP contribution in [-0.4, -0.2) is 154 Å². The molecular weight excluding hydrogens is 1140 g/mol. The molecule has 28 heteroatoms. The van der Waals surface area contributed by atoms with Crippen LogP contribution in [0, 0.1) is 11.3 Å². The lowest BCUT2D eigenvalue weighted by Crippen LogP contribution is -2.60. The van der Waals surface area contributed by atoms with Gasteiger partial charge in [-0.3, -0.25) is 48.6 Å². The fourth-order valence-corrected chi connectivity index (χ4v) is 10.5. The van der Waals surface area contributed by atoms with E-state index in [0.29, 0.717) is 44.1 Å². The van der Waals surface area contributed by atoms with Crippen LogP contribution in [0.2, 0.25) is 0 Å². The van der Waals surface area contributed by atoms with Gasteiger partial charge >= 0.3 is 0 Å². The third-order valence-corrected chi connectivity index (χ3v) is 15.8. The molecule has 6 atom stereocenters. The highest BCUT2D eigenvalue weighted by Gasteiger charge is 2.34. The Kier molecular flexibility index (Phi) is 41.9. The quantitative estimate of drug-likeness (QED) is 0.0245. The van der Waals surface area contributed by atoms with Gasteiger partial charge in [0, 0.05) is 26.4 Å². The summed E-state index contributed by atoms with van der Waals surface area (Å²) in [4.78, 5) is 122. The highest BCUT2D eigenvalue weighted by molar-refractivity contribution is 7.89. The lowest BCUT2D eigenvalue weighted by molar-refractivity contribution is -0.136. The number of phenols is 1. The van der Waals surface area contributed by atoms with Crippen LogP contribution in [0.3, 0.4) is 0 Å². The number of hydrogen-bond donors (Lipinski definition) is 16. The first-order valence-corrected chi connectivity index (χ1v) is 32.9. The summed E-state index contributed by atoms with van der Waals surface area (Å²) in [5.41, 5.74) is 22.9. The Bertz CT molecular complexity index is 2350. The first-order chi connectivity index (χ1) is 41.4. The molecule has 0 spiro atoms. The lowest BCUT2D eigenvalue weighted by atomic mass is 10.0. The zero-order valence-electron chi connectivity index (χ0n) is 52.1. The van der Waals surface area contributed by atoms with Crippen LogP contribution < -0.4 is 75.5 Å². The van der Waals surface area contributed by atoms with E-state index in [1.165, 1.54) is 89.1 Å². The smallest absolute Gasteiger partial charge is 0.243 e. The molecule has 0 bridgehead atoms. The van der Waals surface area contributed by atoms with Gasteiger partial charge in [-0.2, -0.15) is 0 Å². The minimum absolute atomic E-state index is 0.00416. The average molecular weight is 1250 g/mol. The molecule has 0 saturated carbocycles. The third-order valence-electron chi connectivity index (χ3n) is 14.4. The van der Waals surface area contributed by atoms with Crippen LogP contribution in [0.4, 0.5) is 0 Å². The number of likely N-dealkylation sites (N-methyl/N-ethyl adjacent to an activating group) is 1. The standard InChI is InChI=1S/C59H107N15O12S/c1-5-6-7-8-9-10-11-12-13-14-15-16-17-22-36-87(85,86)68-40-51(77)67-39-52(78)69-49(38-42-27-29-43(75)30-28-42)58(84)73-47(31-32-50(62)76)56(82)72-45(24-18-20-33-60)54(80)71-46(25-19-21-34-61)55(81)74-48(37-41(2)3)57(83)70-44(53(79)65-4)26-23-35-66-59(63)64/h27-30,41,44-49,68,75H,5-26,31-40,60-61H2,1-4H3,(H2,62,76)(H,65,79)(H,67,77)(H,69,78)(H,70,83)(H,71,80)(H,72,82)(H,73,84)(H,74,81)(H4,63,64,66)/t44-,45-,46-,47-,48-,49-/m0/s1. The number of guanidine groups is 1. The summed E-state index contributed by atoms with van der Waals surface area (Å²) in [6.45, 7) is 5.31. The third kappa shape index (κ3) is 38.3. The Morgan fingerprint density at radius 1 is 0.517 bits per heavy atom. The molecule has 0 heterocycles. The summed E-state index contributed by atoms with van der Waals surface area (Å²) in [7, 11) is -2.39. The first-order valence-electron chi connectivity index (χ1n) is 31.3. The molecule has 0 radical (unpaired) electrons. The number of primary amides is 1. The molecule has 0 fully saturated rings. The molecule has 496 valence electrons. The van der Waals surface area contributed by atoms with Gasteiger partial charge in [-0.15, -0.1) is 0 Å². The SMILES string of the molecule is CCCCCCCCCCCCCCCCS(=O)(=O)NCC(=O)NCC(=O)N[C@@H](Cc1ccc(O)cc1)C(=O)N[C@@H](CCC(N)=O)C(=O)N[C@@H](CCCCN)C(=O)N[C@@H](CCCCN)C(=O)N[C@@H](CC(C)C)C(=O)N[C@@H](CCCNC(=N)N)C(=O)NC. The summed E-state index contributed by atoms with van der Waals surface area (Å²) in [5, 5.41) is 40.7. The van der Waals surface area contributed by atoms with Gasteiger partial charge in [0.2, 0.25) is 63.2 Å². The van der Waals surface area contributed by atoms with E-state index in [1.807, 2.05) is 13.8 Å². The molecule has 9 amide bonds. The van der Waals surface area contributed by atoms with E-state index in [1.54, 1.807) is 0 Å². The number of nitrogens with two attached hydrogens (primary N) is 4. The molecule has 1 aromatic rings. The summed E-state index contributed by atoms with van der Waals surface area (Å²) >= 11 is 0. The van der Waals surface area contributed by atoms with Crippen LogP contribution in [-0.2, 0) is 59.6 Å². The predicted molar refractivity (Wildman–Crippen MR) is 335 cm³/mol. The van der Waals surface area contributed by atoms with Crippen molar-refractivity contribution < 1.29 is 56.7 Å². The van der Waals surface area contributed by atoms with E-state index in [4.69, 9.17) is 28.3 Å². The highest BCUT2D eigenvalue weighted by Crippen LogP contribution is 2.16. The van der Waals surface area contributed by atoms with Gasteiger partial charge in [-0.25, -0.2) is 13.1 Å². The maximum atomic E-state index is 14.3. The Balaban J connectivity index is 3.22. The van der Waals surface area contributed by atoms with Crippen molar-refractivity contribution in [3.05, 3.63) is 29.8 Å². The van der Waals surface area contributed by atoms with Crippen LogP contribution in [0.25, 0.3) is 0 Å². The molecule has 0 aliphatic carbocycles. The van der Waals surface area contributed by atoms with Gasteiger partial charge < -0.3 is 75.9 Å². The van der Waals surface area contributed by atoms with Crippen LogP contribution >= 0.6 is 0 Å². The van der Waals surface area contributed by atoms with Crippen molar-refractivity contribution in [1.82, 2.24) is 52.6 Å². The second-order valence-corrected chi connectivity index (χ2v) is 24.5. The van der Waals surface area contributed by atoms with E-state index in [-0.39, 0.29) is 81.5 Å². The molecule has 0 aliphatic rings. The number of hydrogen-bond acceptors (Lipinski definition) is 15. The van der Waals surface area contributed by atoms with Crippen LogP contribution in [0.1, 0.15) is 187 Å². The number of phenolic OH excluding ortho intramolecular Hbond substituents is 1. The van der Waals surface area contributed by atoms with E-state index in [0.717, 1.165) is 25.7 Å². The number of carbonyl (C=O) groups excluding carboxylic acids is 9. The first kappa shape index (κ1) is 78.4. The number of nitrogens with one attached hydrogen (secondary N) is 11. The number of benzene rings is 1. The summed E-state index contributed by atoms with van der Waals surface area (Å²) in [5.74, 6) is -7.72. The number of carbonyl (C=O) groups is 9. The summed E-state index contributed by atoms with van der Waals surface area (Å²) in [6, 6.07) is -2.10. The van der Waals surface area contributed by atoms with Crippen molar-refractivity contribution >= 4 is 69.1 Å². The van der Waals surface area contributed by atoms with Crippen LogP contribution in [0.15, 0.2) is 24.3 Å². The number of rotatable bonds is 51. The fraction of sp³-hybridized carbons (Fsp3) is 0.729. The van der Waals surface area contributed by atoms with Crippen molar-refractivity contribution in [3.8, 4) is 5.75 Å².